The highest BCUT2D eigenvalue weighted by atomic mass is 32.2. The maximum Gasteiger partial charge on any atom is 0.133 e. The first-order valence-electron chi connectivity index (χ1n) is 7.39. The van der Waals surface area contributed by atoms with E-state index in [4.69, 9.17) is 5.73 Å². The van der Waals surface area contributed by atoms with Gasteiger partial charge in [-0.15, -0.1) is 0 Å². The Balaban J connectivity index is 1.92. The molecular weight excluding hydrogens is 316 g/mol. The zero-order chi connectivity index (χ0) is 16.3. The molecule has 0 radical (unpaired) electrons. The van der Waals surface area contributed by atoms with E-state index < -0.39 is 16.5 Å². The number of hydrogen-bond donors (Lipinski definition) is 2. The quantitative estimate of drug-likeness (QED) is 0.880. The fourth-order valence-electron chi connectivity index (χ4n) is 2.56. The molecule has 3 nitrogen and oxygen atoms in total. The lowest BCUT2D eigenvalue weighted by Gasteiger charge is -2.28. The third-order valence-corrected chi connectivity index (χ3v) is 5.12. The highest BCUT2D eigenvalue weighted by Gasteiger charge is 2.39. The molecule has 0 bridgehead atoms. The lowest BCUT2D eigenvalue weighted by Crippen LogP contribution is -2.33. The normalized spacial score (nSPS) is 20.2. The van der Waals surface area contributed by atoms with Crippen molar-refractivity contribution >= 4 is 16.8 Å². The lowest BCUT2D eigenvalue weighted by molar-refractivity contribution is 0.465. The van der Waals surface area contributed by atoms with Crippen LogP contribution >= 0.6 is 11.8 Å². The van der Waals surface area contributed by atoms with Crippen LogP contribution in [0.2, 0.25) is 0 Å². The van der Waals surface area contributed by atoms with Gasteiger partial charge in [-0.3, -0.25) is 5.43 Å². The van der Waals surface area contributed by atoms with Crippen LogP contribution in [0, 0.1) is 11.6 Å². The van der Waals surface area contributed by atoms with Crippen LogP contribution in [0.1, 0.15) is 24.0 Å². The first-order valence-corrected chi connectivity index (χ1v) is 8.21. The molecule has 2 aromatic carbocycles. The summed E-state index contributed by atoms with van der Waals surface area (Å²) in [4.78, 5) is -0.505. The van der Waals surface area contributed by atoms with Crippen molar-refractivity contribution in [3.63, 3.8) is 0 Å². The molecule has 0 aliphatic carbocycles. The topological polar surface area (TPSA) is 50.4 Å². The van der Waals surface area contributed by atoms with Crippen molar-refractivity contribution in [1.82, 2.24) is 5.43 Å². The van der Waals surface area contributed by atoms with E-state index in [2.05, 4.69) is 10.5 Å². The van der Waals surface area contributed by atoms with Crippen molar-refractivity contribution < 1.29 is 8.78 Å². The molecule has 0 fully saturated rings. The molecule has 1 heterocycles. The van der Waals surface area contributed by atoms with Crippen molar-refractivity contribution in [3.05, 3.63) is 71.3 Å². The number of thioether (sulfide) groups is 1. The Labute approximate surface area is 138 Å². The Kier molecular flexibility index (Phi) is 4.63. The molecule has 1 atom stereocenters. The molecule has 1 aliphatic rings. The van der Waals surface area contributed by atoms with Crippen LogP contribution in [0.5, 0.6) is 0 Å². The van der Waals surface area contributed by atoms with E-state index in [1.54, 1.807) is 0 Å². The Bertz CT molecular complexity index is 721. The van der Waals surface area contributed by atoms with E-state index in [1.807, 2.05) is 30.3 Å². The van der Waals surface area contributed by atoms with Crippen LogP contribution in [0.15, 0.2) is 53.6 Å². The molecule has 0 spiro atoms. The molecule has 0 amide bonds. The van der Waals surface area contributed by atoms with Gasteiger partial charge in [0.1, 0.15) is 21.5 Å². The number of nitrogens with one attached hydrogen (secondary N) is 1. The minimum Gasteiger partial charge on any atom is -0.330 e. The number of nitrogens with zero attached hydrogens (tertiary/aromatic N) is 1. The van der Waals surface area contributed by atoms with Gasteiger partial charge in [-0.25, -0.2) is 8.78 Å². The van der Waals surface area contributed by atoms with Crippen LogP contribution in [-0.4, -0.2) is 11.6 Å². The van der Waals surface area contributed by atoms with Crippen LogP contribution in [0.3, 0.4) is 0 Å². The summed E-state index contributed by atoms with van der Waals surface area (Å²) in [5, 5.41) is 4.72. The number of rotatable bonds is 5. The molecule has 0 aromatic heterocycles. The second kappa shape index (κ2) is 6.68. The first-order chi connectivity index (χ1) is 11.1. The minimum atomic E-state index is -0.505. The maximum absolute atomic E-state index is 14.0. The molecule has 2 aromatic rings. The highest BCUT2D eigenvalue weighted by Crippen LogP contribution is 2.44. The van der Waals surface area contributed by atoms with Crippen LogP contribution < -0.4 is 11.2 Å². The van der Waals surface area contributed by atoms with Gasteiger partial charge in [0.05, 0.1) is 0 Å². The molecule has 23 heavy (non-hydrogen) atoms. The van der Waals surface area contributed by atoms with Crippen LogP contribution in [-0.2, 0) is 4.87 Å². The molecule has 3 N–H and O–H groups in total. The van der Waals surface area contributed by atoms with Gasteiger partial charge in [0, 0.05) is 5.56 Å². The summed E-state index contributed by atoms with van der Waals surface area (Å²) in [6, 6.07) is 13.2. The molecule has 0 unspecified atom stereocenters. The smallest absolute Gasteiger partial charge is 0.133 e. The fraction of sp³-hybridized carbons (Fsp3) is 0.235. The molecule has 0 saturated heterocycles. The summed E-state index contributed by atoms with van der Waals surface area (Å²) in [6.07, 6.45) is 1.53. The minimum absolute atomic E-state index is 0.174. The summed E-state index contributed by atoms with van der Waals surface area (Å²) < 4.78 is 27.5. The van der Waals surface area contributed by atoms with Crippen molar-refractivity contribution in [1.29, 1.82) is 0 Å². The molecule has 6 heteroatoms. The predicted octanol–water partition coefficient (Wildman–Crippen LogP) is 3.55. The third-order valence-electron chi connectivity index (χ3n) is 3.74. The van der Waals surface area contributed by atoms with E-state index in [0.717, 1.165) is 30.5 Å². The average molecular weight is 333 g/mol. The van der Waals surface area contributed by atoms with E-state index in [1.165, 1.54) is 17.8 Å². The van der Waals surface area contributed by atoms with Crippen molar-refractivity contribution in [2.45, 2.75) is 17.7 Å². The molecule has 120 valence electrons. The van der Waals surface area contributed by atoms with Crippen LogP contribution in [0.4, 0.5) is 8.78 Å². The van der Waals surface area contributed by atoms with Crippen molar-refractivity contribution in [3.8, 4) is 0 Å². The number of benzene rings is 2. The largest absolute Gasteiger partial charge is 0.330 e. The van der Waals surface area contributed by atoms with Gasteiger partial charge in [-0.2, -0.15) is 5.10 Å². The van der Waals surface area contributed by atoms with Gasteiger partial charge in [-0.05, 0) is 43.1 Å². The van der Waals surface area contributed by atoms with E-state index in [9.17, 15) is 8.78 Å². The monoisotopic (exact) mass is 333 g/mol. The summed E-state index contributed by atoms with van der Waals surface area (Å²) in [5.74, 6) is -0.967. The number of hydrogen-bond acceptors (Lipinski definition) is 4. The zero-order valence-corrected chi connectivity index (χ0v) is 13.2. The first kappa shape index (κ1) is 16.0. The SMILES string of the molecule is NCCC[C@@]1(c2ccccc2)NN=C(c2cc(F)ccc2F)S1. The van der Waals surface area contributed by atoms with Gasteiger partial charge in [0.2, 0.25) is 0 Å². The Morgan fingerprint density at radius 1 is 1.13 bits per heavy atom. The Morgan fingerprint density at radius 2 is 1.91 bits per heavy atom. The predicted molar refractivity (Wildman–Crippen MR) is 90.0 cm³/mol. The Hall–Kier alpha value is -1.92. The lowest BCUT2D eigenvalue weighted by atomic mass is 10.0. The standard InChI is InChI=1S/C17H17F2N3S/c18-13-7-8-15(19)14(11-13)16-21-22-17(23-16,9-4-10-20)12-5-2-1-3-6-12/h1-3,5-8,11,22H,4,9-10,20H2/t17-/m1/s1. The summed E-state index contributed by atoms with van der Waals surface area (Å²) in [5.41, 5.74) is 9.98. The molecule has 0 saturated carbocycles. The van der Waals surface area contributed by atoms with Gasteiger partial charge >= 0.3 is 0 Å². The Morgan fingerprint density at radius 3 is 2.65 bits per heavy atom. The maximum atomic E-state index is 14.0. The van der Waals surface area contributed by atoms with E-state index in [-0.39, 0.29) is 5.56 Å². The molecular formula is C17H17F2N3S. The van der Waals surface area contributed by atoms with Gasteiger partial charge in [-0.1, -0.05) is 42.1 Å². The zero-order valence-electron chi connectivity index (χ0n) is 12.4. The number of hydrazone groups is 1. The van der Waals surface area contributed by atoms with Gasteiger partial charge in [0.15, 0.2) is 0 Å². The summed E-state index contributed by atoms with van der Waals surface area (Å²) >= 11 is 1.40. The number of nitrogens with two attached hydrogens (primary N) is 1. The second-order valence-electron chi connectivity index (χ2n) is 5.34. The average Bonchev–Trinajstić information content (AvgIpc) is 3.01. The fourth-order valence-corrected chi connectivity index (χ4v) is 3.84. The van der Waals surface area contributed by atoms with E-state index >= 15 is 0 Å². The van der Waals surface area contributed by atoms with E-state index in [0.29, 0.717) is 11.6 Å². The van der Waals surface area contributed by atoms with Crippen LogP contribution in [0.25, 0.3) is 0 Å². The molecule has 1 aliphatic heterocycles. The third kappa shape index (κ3) is 3.23. The summed E-state index contributed by atoms with van der Waals surface area (Å²) in [7, 11) is 0. The van der Waals surface area contributed by atoms with Gasteiger partial charge in [0.25, 0.3) is 0 Å². The summed E-state index contributed by atoms with van der Waals surface area (Å²) in [6.45, 7) is 0.556. The van der Waals surface area contributed by atoms with Crippen molar-refractivity contribution in [2.75, 3.05) is 6.54 Å². The highest BCUT2D eigenvalue weighted by molar-refractivity contribution is 8.15. The number of halogens is 2. The van der Waals surface area contributed by atoms with Gasteiger partial charge < -0.3 is 5.73 Å². The van der Waals surface area contributed by atoms with Crippen molar-refractivity contribution in [2.24, 2.45) is 10.8 Å². The second-order valence-corrected chi connectivity index (χ2v) is 6.63. The molecule has 3 rings (SSSR count).